The molecule has 0 spiro atoms. The molecule has 1 amide bonds. The van der Waals surface area contributed by atoms with Gasteiger partial charge in [-0.05, 0) is 13.1 Å². The molecule has 2 aromatic heterocycles. The number of hydrogen-bond donors (Lipinski definition) is 1. The number of fused-ring (bicyclic) bond motifs is 1. The Kier molecular flexibility index (Phi) is 3.79. The normalized spacial score (nSPS) is 19.4. The van der Waals surface area contributed by atoms with Crippen LogP contribution < -0.4 is 5.32 Å². The van der Waals surface area contributed by atoms with Crippen LogP contribution in [0.2, 0.25) is 0 Å². The Bertz CT molecular complexity index is 579. The highest BCUT2D eigenvalue weighted by Crippen LogP contribution is 2.14. The zero-order valence-corrected chi connectivity index (χ0v) is 12.1. The molecule has 3 heterocycles. The van der Waals surface area contributed by atoms with Crippen molar-refractivity contribution in [1.82, 2.24) is 25.0 Å². The van der Waals surface area contributed by atoms with Gasteiger partial charge in [-0.3, -0.25) is 9.48 Å². The van der Waals surface area contributed by atoms with Gasteiger partial charge < -0.3 is 10.2 Å². The molecule has 1 aliphatic heterocycles. The van der Waals surface area contributed by atoms with E-state index < -0.39 is 0 Å². The summed E-state index contributed by atoms with van der Waals surface area (Å²) in [6.07, 6.45) is 1.83. The van der Waals surface area contributed by atoms with Gasteiger partial charge in [-0.2, -0.15) is 5.10 Å². The van der Waals surface area contributed by atoms with E-state index in [4.69, 9.17) is 0 Å². The van der Waals surface area contributed by atoms with Gasteiger partial charge in [-0.1, -0.05) is 0 Å². The smallest absolute Gasteiger partial charge is 0.270 e. The van der Waals surface area contributed by atoms with Crippen molar-refractivity contribution in [3.63, 3.8) is 0 Å². The molecule has 0 saturated carbocycles. The first kappa shape index (κ1) is 13.3. The SMILES string of the molecule is CN1Cc2ccnn2CC(CNC(=O)c2cscn2)C1. The highest BCUT2D eigenvalue weighted by molar-refractivity contribution is 7.07. The van der Waals surface area contributed by atoms with E-state index in [1.165, 1.54) is 17.0 Å². The van der Waals surface area contributed by atoms with Crippen LogP contribution in [0.1, 0.15) is 16.2 Å². The number of thiazole rings is 1. The van der Waals surface area contributed by atoms with Crippen molar-refractivity contribution in [3.8, 4) is 0 Å². The number of rotatable bonds is 3. The van der Waals surface area contributed by atoms with Crippen molar-refractivity contribution in [2.75, 3.05) is 20.1 Å². The first-order valence-corrected chi connectivity index (χ1v) is 7.52. The van der Waals surface area contributed by atoms with Crippen molar-refractivity contribution >= 4 is 17.2 Å². The quantitative estimate of drug-likeness (QED) is 0.910. The van der Waals surface area contributed by atoms with Gasteiger partial charge in [0, 0.05) is 43.7 Å². The van der Waals surface area contributed by atoms with E-state index in [0.717, 1.165) is 19.6 Å². The van der Waals surface area contributed by atoms with Crippen LogP contribution in [0.15, 0.2) is 23.2 Å². The number of amides is 1. The van der Waals surface area contributed by atoms with E-state index >= 15 is 0 Å². The molecular weight excluding hydrogens is 274 g/mol. The first-order valence-electron chi connectivity index (χ1n) is 6.58. The fourth-order valence-electron chi connectivity index (χ4n) is 2.52. The predicted octanol–water partition coefficient (Wildman–Crippen LogP) is 0.831. The van der Waals surface area contributed by atoms with Crippen molar-refractivity contribution in [2.24, 2.45) is 5.92 Å². The molecule has 1 unspecified atom stereocenters. The summed E-state index contributed by atoms with van der Waals surface area (Å²) in [5.41, 5.74) is 3.39. The second kappa shape index (κ2) is 5.72. The molecule has 0 radical (unpaired) electrons. The van der Waals surface area contributed by atoms with E-state index in [2.05, 4.69) is 27.3 Å². The molecule has 0 bridgehead atoms. The molecule has 0 fully saturated rings. The predicted molar refractivity (Wildman–Crippen MR) is 76.5 cm³/mol. The number of hydrogen-bond acceptors (Lipinski definition) is 5. The number of carbonyl (C=O) groups is 1. The van der Waals surface area contributed by atoms with Crippen LogP contribution in [0.3, 0.4) is 0 Å². The first-order chi connectivity index (χ1) is 9.72. The Morgan fingerprint density at radius 2 is 2.45 bits per heavy atom. The highest BCUT2D eigenvalue weighted by atomic mass is 32.1. The van der Waals surface area contributed by atoms with Crippen LogP contribution in [0, 0.1) is 5.92 Å². The Labute approximate surface area is 121 Å². The zero-order valence-electron chi connectivity index (χ0n) is 11.3. The maximum absolute atomic E-state index is 11.9. The Morgan fingerprint density at radius 1 is 1.55 bits per heavy atom. The third-order valence-electron chi connectivity index (χ3n) is 3.45. The Balaban J connectivity index is 1.61. The molecule has 1 aliphatic rings. The third kappa shape index (κ3) is 2.88. The minimum atomic E-state index is -0.0983. The minimum absolute atomic E-state index is 0.0983. The van der Waals surface area contributed by atoms with Gasteiger partial charge in [-0.15, -0.1) is 11.3 Å². The van der Waals surface area contributed by atoms with Gasteiger partial charge in [0.15, 0.2) is 0 Å². The maximum atomic E-state index is 11.9. The molecule has 7 heteroatoms. The lowest BCUT2D eigenvalue weighted by atomic mass is 10.1. The molecule has 106 valence electrons. The van der Waals surface area contributed by atoms with Crippen LogP contribution in [-0.4, -0.2) is 45.7 Å². The van der Waals surface area contributed by atoms with Gasteiger partial charge in [0.1, 0.15) is 5.69 Å². The van der Waals surface area contributed by atoms with Crippen LogP contribution in [0.4, 0.5) is 0 Å². The standard InChI is InChI=1S/C13H17N5OS/c1-17-5-10(6-18-11(7-17)2-3-16-18)4-14-13(19)12-8-20-9-15-12/h2-3,8-10H,4-7H2,1H3,(H,14,19). The largest absolute Gasteiger partial charge is 0.350 e. The Morgan fingerprint density at radius 3 is 3.25 bits per heavy atom. The van der Waals surface area contributed by atoms with E-state index in [1.54, 1.807) is 10.9 Å². The summed E-state index contributed by atoms with van der Waals surface area (Å²) >= 11 is 1.43. The van der Waals surface area contributed by atoms with Crippen LogP contribution in [0.5, 0.6) is 0 Å². The summed E-state index contributed by atoms with van der Waals surface area (Å²) < 4.78 is 2.03. The van der Waals surface area contributed by atoms with Gasteiger partial charge in [-0.25, -0.2) is 4.98 Å². The summed E-state index contributed by atoms with van der Waals surface area (Å²) in [5.74, 6) is 0.252. The minimum Gasteiger partial charge on any atom is -0.350 e. The Hall–Kier alpha value is -1.73. The maximum Gasteiger partial charge on any atom is 0.270 e. The number of carbonyl (C=O) groups excluding carboxylic acids is 1. The number of nitrogens with zero attached hydrogens (tertiary/aromatic N) is 4. The molecule has 6 nitrogen and oxygen atoms in total. The average Bonchev–Trinajstić information content (AvgIpc) is 3.06. The molecule has 0 saturated heterocycles. The fourth-order valence-corrected chi connectivity index (χ4v) is 3.06. The molecule has 1 N–H and O–H groups in total. The molecule has 0 aliphatic carbocycles. The second-order valence-electron chi connectivity index (χ2n) is 5.15. The fraction of sp³-hybridized carbons (Fsp3) is 0.462. The van der Waals surface area contributed by atoms with E-state index in [9.17, 15) is 4.79 Å². The lowest BCUT2D eigenvalue weighted by Crippen LogP contribution is -2.35. The zero-order chi connectivity index (χ0) is 13.9. The van der Waals surface area contributed by atoms with Crippen LogP contribution in [0.25, 0.3) is 0 Å². The summed E-state index contributed by atoms with van der Waals surface area (Å²) in [4.78, 5) is 18.2. The van der Waals surface area contributed by atoms with Crippen LogP contribution in [-0.2, 0) is 13.1 Å². The third-order valence-corrected chi connectivity index (χ3v) is 4.04. The van der Waals surface area contributed by atoms with E-state index in [1.807, 2.05) is 16.9 Å². The lowest BCUT2D eigenvalue weighted by Gasteiger charge is -2.19. The van der Waals surface area contributed by atoms with Crippen molar-refractivity contribution < 1.29 is 4.79 Å². The molecule has 20 heavy (non-hydrogen) atoms. The summed E-state index contributed by atoms with van der Waals surface area (Å²) in [6.45, 7) is 3.32. The number of aromatic nitrogens is 3. The summed E-state index contributed by atoms with van der Waals surface area (Å²) in [6, 6.07) is 2.05. The highest BCUT2D eigenvalue weighted by Gasteiger charge is 2.21. The van der Waals surface area contributed by atoms with Gasteiger partial charge in [0.2, 0.25) is 0 Å². The van der Waals surface area contributed by atoms with E-state index in [-0.39, 0.29) is 5.91 Å². The van der Waals surface area contributed by atoms with Crippen molar-refractivity contribution in [1.29, 1.82) is 0 Å². The van der Waals surface area contributed by atoms with Gasteiger partial charge in [0.05, 0.1) is 11.2 Å². The summed E-state index contributed by atoms with van der Waals surface area (Å²) in [5, 5.41) is 9.07. The van der Waals surface area contributed by atoms with Gasteiger partial charge >= 0.3 is 0 Å². The summed E-state index contributed by atoms with van der Waals surface area (Å²) in [7, 11) is 2.10. The molecule has 1 atom stereocenters. The monoisotopic (exact) mass is 291 g/mol. The molecule has 0 aromatic carbocycles. The topological polar surface area (TPSA) is 63.1 Å². The molecule has 2 aromatic rings. The van der Waals surface area contributed by atoms with Gasteiger partial charge in [0.25, 0.3) is 5.91 Å². The average molecular weight is 291 g/mol. The molecule has 3 rings (SSSR count). The molecular formula is C13H17N5OS. The number of nitrogens with one attached hydrogen (secondary N) is 1. The lowest BCUT2D eigenvalue weighted by molar-refractivity contribution is 0.0938. The van der Waals surface area contributed by atoms with Crippen LogP contribution >= 0.6 is 11.3 Å². The van der Waals surface area contributed by atoms with Crippen molar-refractivity contribution in [2.45, 2.75) is 13.1 Å². The van der Waals surface area contributed by atoms with Crippen molar-refractivity contribution in [3.05, 3.63) is 34.5 Å². The second-order valence-corrected chi connectivity index (χ2v) is 5.87. The van der Waals surface area contributed by atoms with E-state index in [0.29, 0.717) is 18.2 Å².